The van der Waals surface area contributed by atoms with Crippen LogP contribution in [0.5, 0.6) is 0 Å². The third kappa shape index (κ3) is 5.02. The predicted octanol–water partition coefficient (Wildman–Crippen LogP) is 2.80. The normalized spacial score (nSPS) is 22.6. The molecule has 6 heteroatoms. The van der Waals surface area contributed by atoms with E-state index in [9.17, 15) is 4.79 Å². The highest BCUT2D eigenvalue weighted by atomic mass is 16.6. The Labute approximate surface area is 132 Å². The Kier molecular flexibility index (Phi) is 5.11. The molecule has 1 aliphatic rings. The number of nitrogens with zero attached hydrogens (tertiary/aromatic N) is 2. The first-order chi connectivity index (χ1) is 10.3. The lowest BCUT2D eigenvalue weighted by molar-refractivity contribution is 0.00670. The Morgan fingerprint density at radius 3 is 2.95 bits per heavy atom. The van der Waals surface area contributed by atoms with Crippen molar-refractivity contribution in [2.45, 2.75) is 52.7 Å². The number of hydrogen-bond acceptors (Lipinski definition) is 5. The average molecular weight is 309 g/mol. The van der Waals surface area contributed by atoms with Crippen molar-refractivity contribution in [1.29, 1.82) is 0 Å². The summed E-state index contributed by atoms with van der Waals surface area (Å²) in [6.45, 7) is 10.9. The second-order valence-corrected chi connectivity index (χ2v) is 7.39. The van der Waals surface area contributed by atoms with Gasteiger partial charge in [0.25, 0.3) is 0 Å². The van der Waals surface area contributed by atoms with Crippen molar-refractivity contribution in [1.82, 2.24) is 15.2 Å². The van der Waals surface area contributed by atoms with E-state index in [1.54, 1.807) is 6.20 Å². The third-order valence-electron chi connectivity index (χ3n) is 3.77. The molecule has 0 spiro atoms. The van der Waals surface area contributed by atoms with Gasteiger partial charge in [-0.05, 0) is 39.0 Å². The third-order valence-corrected chi connectivity index (χ3v) is 3.77. The first-order valence-electron chi connectivity index (χ1n) is 7.83. The fourth-order valence-corrected chi connectivity index (χ4v) is 2.76. The van der Waals surface area contributed by atoms with E-state index in [4.69, 9.17) is 9.15 Å². The zero-order valence-corrected chi connectivity index (χ0v) is 14.0. The van der Waals surface area contributed by atoms with E-state index in [0.717, 1.165) is 31.7 Å². The van der Waals surface area contributed by atoms with Crippen molar-refractivity contribution >= 4 is 6.09 Å². The SMILES string of the molecule is CC1(CNCc2cnco2)CCCN(C(=O)OC(C)(C)C)C1. The van der Waals surface area contributed by atoms with E-state index < -0.39 is 5.60 Å². The molecule has 1 aliphatic heterocycles. The number of carbonyl (C=O) groups is 1. The maximum atomic E-state index is 12.2. The number of aromatic nitrogens is 1. The van der Waals surface area contributed by atoms with Crippen molar-refractivity contribution in [2.24, 2.45) is 5.41 Å². The Morgan fingerprint density at radius 1 is 1.55 bits per heavy atom. The van der Waals surface area contributed by atoms with Gasteiger partial charge >= 0.3 is 6.09 Å². The van der Waals surface area contributed by atoms with Gasteiger partial charge in [-0.3, -0.25) is 0 Å². The number of hydrogen-bond donors (Lipinski definition) is 1. The fraction of sp³-hybridized carbons (Fsp3) is 0.750. The topological polar surface area (TPSA) is 67.6 Å². The summed E-state index contributed by atoms with van der Waals surface area (Å²) in [5.74, 6) is 0.823. The van der Waals surface area contributed by atoms with Crippen LogP contribution in [0.1, 0.15) is 46.3 Å². The molecule has 1 saturated heterocycles. The molecule has 1 fully saturated rings. The average Bonchev–Trinajstić information content (AvgIpc) is 2.90. The molecule has 2 rings (SSSR count). The van der Waals surface area contributed by atoms with E-state index in [1.165, 1.54) is 6.39 Å². The maximum absolute atomic E-state index is 12.2. The van der Waals surface area contributed by atoms with Crippen LogP contribution in [-0.4, -0.2) is 41.2 Å². The lowest BCUT2D eigenvalue weighted by Crippen LogP contribution is -2.50. The van der Waals surface area contributed by atoms with Gasteiger partial charge in [0.15, 0.2) is 6.39 Å². The van der Waals surface area contributed by atoms with Crippen LogP contribution in [0, 0.1) is 5.41 Å². The Morgan fingerprint density at radius 2 is 2.32 bits per heavy atom. The second-order valence-electron chi connectivity index (χ2n) is 7.39. The number of oxazole rings is 1. The molecular formula is C16H27N3O3. The molecule has 1 unspecified atom stereocenters. The molecule has 0 saturated carbocycles. The van der Waals surface area contributed by atoms with Crippen molar-refractivity contribution in [3.05, 3.63) is 18.4 Å². The Balaban J connectivity index is 1.84. The molecular weight excluding hydrogens is 282 g/mol. The largest absolute Gasteiger partial charge is 0.447 e. The summed E-state index contributed by atoms with van der Waals surface area (Å²) in [5, 5.41) is 3.39. The summed E-state index contributed by atoms with van der Waals surface area (Å²) in [4.78, 5) is 17.9. The molecule has 0 aromatic carbocycles. The van der Waals surface area contributed by atoms with Gasteiger partial charge in [-0.25, -0.2) is 9.78 Å². The maximum Gasteiger partial charge on any atom is 0.410 e. The van der Waals surface area contributed by atoms with Gasteiger partial charge in [-0.15, -0.1) is 0 Å². The molecule has 22 heavy (non-hydrogen) atoms. The number of nitrogens with one attached hydrogen (secondary N) is 1. The van der Waals surface area contributed by atoms with Gasteiger partial charge in [0.2, 0.25) is 0 Å². The number of likely N-dealkylation sites (tertiary alicyclic amines) is 1. The summed E-state index contributed by atoms with van der Waals surface area (Å²) in [6, 6.07) is 0. The standard InChI is InChI=1S/C16H27N3O3/c1-15(2,3)22-14(20)19-7-5-6-16(4,11-19)10-17-8-13-9-18-12-21-13/h9,12,17H,5-8,10-11H2,1-4H3. The molecule has 124 valence electrons. The second kappa shape index (κ2) is 6.69. The van der Waals surface area contributed by atoms with E-state index >= 15 is 0 Å². The smallest absolute Gasteiger partial charge is 0.410 e. The van der Waals surface area contributed by atoms with E-state index in [0.29, 0.717) is 13.1 Å². The molecule has 1 aromatic rings. The first kappa shape index (κ1) is 16.8. The summed E-state index contributed by atoms with van der Waals surface area (Å²) >= 11 is 0. The quantitative estimate of drug-likeness (QED) is 0.926. The zero-order valence-electron chi connectivity index (χ0n) is 14.0. The van der Waals surface area contributed by atoms with Crippen molar-refractivity contribution in [2.75, 3.05) is 19.6 Å². The van der Waals surface area contributed by atoms with Crippen molar-refractivity contribution in [3.63, 3.8) is 0 Å². The van der Waals surface area contributed by atoms with Gasteiger partial charge in [0, 0.05) is 19.6 Å². The minimum absolute atomic E-state index is 0.0508. The van der Waals surface area contributed by atoms with Gasteiger partial charge in [0.1, 0.15) is 11.4 Å². The molecule has 0 bridgehead atoms. The zero-order chi connectivity index (χ0) is 16.2. The molecule has 1 atom stereocenters. The fourth-order valence-electron chi connectivity index (χ4n) is 2.76. The number of ether oxygens (including phenoxy) is 1. The molecule has 6 nitrogen and oxygen atoms in total. The van der Waals surface area contributed by atoms with Crippen LogP contribution in [0.2, 0.25) is 0 Å². The highest BCUT2D eigenvalue weighted by Crippen LogP contribution is 2.29. The predicted molar refractivity (Wildman–Crippen MR) is 83.4 cm³/mol. The minimum Gasteiger partial charge on any atom is -0.447 e. The van der Waals surface area contributed by atoms with E-state index in [1.807, 2.05) is 25.7 Å². The van der Waals surface area contributed by atoms with E-state index in [2.05, 4.69) is 17.2 Å². The van der Waals surface area contributed by atoms with E-state index in [-0.39, 0.29) is 11.5 Å². The highest BCUT2D eigenvalue weighted by Gasteiger charge is 2.34. The summed E-state index contributed by atoms with van der Waals surface area (Å²) < 4.78 is 10.7. The van der Waals surface area contributed by atoms with Crippen LogP contribution in [-0.2, 0) is 11.3 Å². The van der Waals surface area contributed by atoms with Gasteiger partial charge in [-0.1, -0.05) is 6.92 Å². The van der Waals surface area contributed by atoms with Crippen LogP contribution < -0.4 is 5.32 Å². The van der Waals surface area contributed by atoms with Gasteiger partial charge < -0.3 is 19.4 Å². The van der Waals surface area contributed by atoms with Crippen LogP contribution in [0.25, 0.3) is 0 Å². The van der Waals surface area contributed by atoms with Crippen LogP contribution in [0.3, 0.4) is 0 Å². The van der Waals surface area contributed by atoms with Crippen molar-refractivity contribution in [3.8, 4) is 0 Å². The number of carbonyl (C=O) groups excluding carboxylic acids is 1. The lowest BCUT2D eigenvalue weighted by atomic mass is 9.82. The lowest BCUT2D eigenvalue weighted by Gasteiger charge is -2.41. The molecule has 2 heterocycles. The number of piperidine rings is 1. The molecule has 1 N–H and O–H groups in total. The van der Waals surface area contributed by atoms with Crippen LogP contribution in [0.4, 0.5) is 4.79 Å². The summed E-state index contributed by atoms with van der Waals surface area (Å²) in [7, 11) is 0. The number of rotatable bonds is 4. The minimum atomic E-state index is -0.449. The Bertz CT molecular complexity index is 481. The molecule has 0 aliphatic carbocycles. The van der Waals surface area contributed by atoms with Gasteiger partial charge in [0.05, 0.1) is 12.7 Å². The monoisotopic (exact) mass is 309 g/mol. The number of amides is 1. The highest BCUT2D eigenvalue weighted by molar-refractivity contribution is 5.68. The first-order valence-corrected chi connectivity index (χ1v) is 7.83. The molecule has 1 aromatic heterocycles. The van der Waals surface area contributed by atoms with Crippen molar-refractivity contribution < 1.29 is 13.9 Å². The molecule has 1 amide bonds. The van der Waals surface area contributed by atoms with Crippen LogP contribution >= 0.6 is 0 Å². The Hall–Kier alpha value is -1.56. The van der Waals surface area contributed by atoms with Gasteiger partial charge in [-0.2, -0.15) is 0 Å². The summed E-state index contributed by atoms with van der Waals surface area (Å²) in [5.41, 5.74) is -0.398. The molecule has 0 radical (unpaired) electrons. The summed E-state index contributed by atoms with van der Waals surface area (Å²) in [6.07, 6.45) is 5.02. The van der Waals surface area contributed by atoms with Crippen LogP contribution in [0.15, 0.2) is 17.0 Å².